The van der Waals surface area contributed by atoms with Gasteiger partial charge in [0.1, 0.15) is 24.1 Å². The number of methoxy groups -OCH3 is 1. The number of rotatable bonds is 8. The first-order chi connectivity index (χ1) is 16.8. The third-order valence-electron chi connectivity index (χ3n) is 5.35. The van der Waals surface area contributed by atoms with Gasteiger partial charge in [0.25, 0.3) is 5.91 Å². The van der Waals surface area contributed by atoms with Crippen molar-refractivity contribution in [1.29, 1.82) is 0 Å². The number of carboxylic acids is 1. The molecule has 10 heteroatoms. The number of fused-ring (bicyclic) bond motifs is 1. The Morgan fingerprint density at radius 2 is 1.69 bits per heavy atom. The second-order valence-corrected chi connectivity index (χ2v) is 10.3. The summed E-state index contributed by atoms with van der Waals surface area (Å²) in [6.45, 7) is 5.09. The van der Waals surface area contributed by atoms with Gasteiger partial charge in [-0.15, -0.1) is 0 Å². The van der Waals surface area contributed by atoms with E-state index in [4.69, 9.17) is 9.47 Å². The van der Waals surface area contributed by atoms with Crippen molar-refractivity contribution in [3.05, 3.63) is 65.7 Å². The Labute approximate surface area is 210 Å². The predicted octanol–water partition coefficient (Wildman–Crippen LogP) is 6.27. The zero-order valence-electron chi connectivity index (χ0n) is 20.1. The van der Waals surface area contributed by atoms with Crippen LogP contribution < -0.4 is 14.8 Å². The second-order valence-electron chi connectivity index (χ2n) is 9.12. The highest BCUT2D eigenvalue weighted by molar-refractivity contribution is 8.00. The minimum atomic E-state index is -4.38. The standard InChI is InChI=1S/C26H26F3NO5S/c1-25(2,3)22(24(32)33)30-23(31)20-11-7-16-13-17(34-4)8-12-19(16)21(20)35-14-15-5-9-18(10-6-15)36-26(27,28)29/h5-13,22H,14H2,1-4H3,(H,30,31)(H,32,33)/t22-/m1/s1. The summed E-state index contributed by atoms with van der Waals surface area (Å²) in [5, 5.41) is 13.5. The Morgan fingerprint density at radius 3 is 2.25 bits per heavy atom. The number of benzene rings is 3. The minimum absolute atomic E-state index is 0.0238. The molecule has 1 amide bonds. The van der Waals surface area contributed by atoms with Crippen LogP contribution in [0.25, 0.3) is 10.8 Å². The van der Waals surface area contributed by atoms with Gasteiger partial charge in [-0.1, -0.05) is 39.0 Å². The lowest BCUT2D eigenvalue weighted by molar-refractivity contribution is -0.142. The first-order valence-corrected chi connectivity index (χ1v) is 11.7. The third-order valence-corrected chi connectivity index (χ3v) is 6.09. The van der Waals surface area contributed by atoms with Crippen molar-refractivity contribution in [2.24, 2.45) is 5.41 Å². The Hall–Kier alpha value is -3.40. The topological polar surface area (TPSA) is 84.9 Å². The summed E-state index contributed by atoms with van der Waals surface area (Å²) in [7, 11) is 1.53. The average molecular weight is 522 g/mol. The molecule has 0 fully saturated rings. The largest absolute Gasteiger partial charge is 0.497 e. The Morgan fingerprint density at radius 1 is 1.03 bits per heavy atom. The molecular formula is C26H26F3NO5S. The van der Waals surface area contributed by atoms with Gasteiger partial charge in [-0.05, 0) is 64.5 Å². The van der Waals surface area contributed by atoms with E-state index in [1.807, 2.05) is 0 Å². The summed E-state index contributed by atoms with van der Waals surface area (Å²) in [6.07, 6.45) is 0. The zero-order valence-corrected chi connectivity index (χ0v) is 20.9. The van der Waals surface area contributed by atoms with Gasteiger partial charge in [0, 0.05) is 10.3 Å². The van der Waals surface area contributed by atoms with E-state index in [1.54, 1.807) is 45.0 Å². The number of thioether (sulfide) groups is 1. The van der Waals surface area contributed by atoms with Crippen LogP contribution in [0.5, 0.6) is 11.5 Å². The number of nitrogens with one attached hydrogen (secondary N) is 1. The van der Waals surface area contributed by atoms with Crippen molar-refractivity contribution in [2.75, 3.05) is 7.11 Å². The van der Waals surface area contributed by atoms with E-state index in [2.05, 4.69) is 5.32 Å². The molecule has 0 bridgehead atoms. The van der Waals surface area contributed by atoms with Gasteiger partial charge in [-0.2, -0.15) is 13.2 Å². The molecule has 3 aromatic rings. The highest BCUT2D eigenvalue weighted by Gasteiger charge is 2.33. The highest BCUT2D eigenvalue weighted by Crippen LogP contribution is 2.37. The number of carbonyl (C=O) groups is 2. The Balaban J connectivity index is 1.95. The van der Waals surface area contributed by atoms with Crippen LogP contribution in [0.3, 0.4) is 0 Å². The number of hydrogen-bond donors (Lipinski definition) is 2. The van der Waals surface area contributed by atoms with Crippen LogP contribution >= 0.6 is 11.8 Å². The summed E-state index contributed by atoms with van der Waals surface area (Å²) in [5.74, 6) is -0.968. The molecule has 0 radical (unpaired) electrons. The molecule has 6 nitrogen and oxygen atoms in total. The summed E-state index contributed by atoms with van der Waals surface area (Å²) >= 11 is -0.208. The van der Waals surface area contributed by atoms with Crippen LogP contribution in [-0.4, -0.2) is 35.6 Å². The summed E-state index contributed by atoms with van der Waals surface area (Å²) < 4.78 is 49.1. The van der Waals surface area contributed by atoms with Crippen LogP contribution in [0.2, 0.25) is 0 Å². The van der Waals surface area contributed by atoms with Crippen molar-refractivity contribution in [1.82, 2.24) is 5.32 Å². The molecule has 0 aromatic heterocycles. The van der Waals surface area contributed by atoms with Crippen molar-refractivity contribution in [3.63, 3.8) is 0 Å². The molecule has 0 saturated heterocycles. The number of aliphatic carboxylic acids is 1. The lowest BCUT2D eigenvalue weighted by Crippen LogP contribution is -2.49. The van der Waals surface area contributed by atoms with Gasteiger partial charge in [0.05, 0.1) is 12.7 Å². The molecule has 0 spiro atoms. The summed E-state index contributed by atoms with van der Waals surface area (Å²) in [5.41, 5.74) is -4.41. The fraction of sp³-hybridized carbons (Fsp3) is 0.308. The maximum absolute atomic E-state index is 13.2. The van der Waals surface area contributed by atoms with E-state index in [0.29, 0.717) is 16.7 Å². The molecule has 0 saturated carbocycles. The molecule has 36 heavy (non-hydrogen) atoms. The van der Waals surface area contributed by atoms with Crippen LogP contribution in [0.1, 0.15) is 36.7 Å². The molecule has 3 rings (SSSR count). The molecule has 0 aliphatic heterocycles. The number of carbonyl (C=O) groups excluding carboxylic acids is 1. The van der Waals surface area contributed by atoms with E-state index >= 15 is 0 Å². The van der Waals surface area contributed by atoms with E-state index in [9.17, 15) is 27.9 Å². The van der Waals surface area contributed by atoms with Gasteiger partial charge in [-0.25, -0.2) is 4.79 Å². The van der Waals surface area contributed by atoms with E-state index in [1.165, 1.54) is 37.4 Å². The number of halogens is 3. The van der Waals surface area contributed by atoms with Crippen LogP contribution in [0, 0.1) is 5.41 Å². The Kier molecular flexibility index (Phi) is 8.08. The monoisotopic (exact) mass is 521 g/mol. The molecule has 3 aromatic carbocycles. The number of hydrogen-bond acceptors (Lipinski definition) is 5. The normalized spacial score (nSPS) is 12.8. The number of ether oxygens (including phenoxy) is 2. The van der Waals surface area contributed by atoms with E-state index in [0.717, 1.165) is 5.39 Å². The van der Waals surface area contributed by atoms with Crippen LogP contribution in [0.4, 0.5) is 13.2 Å². The summed E-state index contributed by atoms with van der Waals surface area (Å²) in [4.78, 5) is 25.0. The molecule has 0 aliphatic rings. The maximum Gasteiger partial charge on any atom is 0.446 e. The molecular weight excluding hydrogens is 495 g/mol. The van der Waals surface area contributed by atoms with Crippen molar-refractivity contribution in [2.45, 2.75) is 43.8 Å². The molecule has 2 N–H and O–H groups in total. The predicted molar refractivity (Wildman–Crippen MR) is 132 cm³/mol. The van der Waals surface area contributed by atoms with E-state index in [-0.39, 0.29) is 34.6 Å². The molecule has 0 unspecified atom stereocenters. The molecule has 0 heterocycles. The fourth-order valence-electron chi connectivity index (χ4n) is 3.54. The quantitative estimate of drug-likeness (QED) is 0.340. The van der Waals surface area contributed by atoms with Crippen LogP contribution in [-0.2, 0) is 11.4 Å². The maximum atomic E-state index is 13.2. The van der Waals surface area contributed by atoms with Crippen molar-refractivity contribution >= 4 is 34.4 Å². The molecule has 0 aliphatic carbocycles. The second kappa shape index (κ2) is 10.7. The number of carboxylic acid groups (broad SMARTS) is 1. The Bertz CT molecular complexity index is 1250. The zero-order chi connectivity index (χ0) is 26.7. The van der Waals surface area contributed by atoms with Gasteiger partial charge in [-0.3, -0.25) is 4.79 Å². The first kappa shape index (κ1) is 27.2. The van der Waals surface area contributed by atoms with E-state index < -0.39 is 28.8 Å². The van der Waals surface area contributed by atoms with Gasteiger partial charge >= 0.3 is 11.5 Å². The lowest BCUT2D eigenvalue weighted by Gasteiger charge is -2.28. The molecule has 1 atom stereocenters. The minimum Gasteiger partial charge on any atom is -0.497 e. The van der Waals surface area contributed by atoms with Crippen LogP contribution in [0.15, 0.2) is 59.5 Å². The fourth-order valence-corrected chi connectivity index (χ4v) is 4.08. The average Bonchev–Trinajstić information content (AvgIpc) is 2.79. The number of alkyl halides is 3. The van der Waals surface area contributed by atoms with Gasteiger partial charge in [0.15, 0.2) is 0 Å². The van der Waals surface area contributed by atoms with Crippen molar-refractivity contribution in [3.8, 4) is 11.5 Å². The van der Waals surface area contributed by atoms with Crippen molar-refractivity contribution < 1.29 is 37.3 Å². The highest BCUT2D eigenvalue weighted by atomic mass is 32.2. The molecule has 192 valence electrons. The lowest BCUT2D eigenvalue weighted by atomic mass is 9.86. The summed E-state index contributed by atoms with van der Waals surface area (Å²) in [6, 6.07) is 13.0. The smallest absolute Gasteiger partial charge is 0.446 e. The first-order valence-electron chi connectivity index (χ1n) is 10.9. The number of amides is 1. The third kappa shape index (κ3) is 6.84. The van der Waals surface area contributed by atoms with Gasteiger partial charge < -0.3 is 19.9 Å². The SMILES string of the molecule is COc1ccc2c(OCc3ccc(SC(F)(F)F)cc3)c(C(=O)N[C@H](C(=O)O)C(C)(C)C)ccc2c1. The van der Waals surface area contributed by atoms with Gasteiger partial charge in [0.2, 0.25) is 0 Å².